The van der Waals surface area contributed by atoms with Crippen LogP contribution in [-0.2, 0) is 27.2 Å². The van der Waals surface area contributed by atoms with Crippen LogP contribution in [0.3, 0.4) is 0 Å². The summed E-state index contributed by atoms with van der Waals surface area (Å²) in [6, 6.07) is 10.6. The second kappa shape index (κ2) is 8.45. The number of esters is 1. The molecule has 1 aliphatic heterocycles. The molecule has 166 valence electrons. The summed E-state index contributed by atoms with van der Waals surface area (Å²) in [5.41, 5.74) is 2.59. The number of aryl methyl sites for hydroxylation is 2. The Morgan fingerprint density at radius 1 is 1.06 bits per heavy atom. The van der Waals surface area contributed by atoms with E-state index in [0.29, 0.717) is 22.9 Å². The van der Waals surface area contributed by atoms with Gasteiger partial charge in [-0.2, -0.15) is 0 Å². The number of rotatable bonds is 6. The molecule has 1 aromatic heterocycles. The molecule has 0 saturated carbocycles. The zero-order chi connectivity index (χ0) is 22.1. The number of carbonyl (C=O) groups is 2. The van der Waals surface area contributed by atoms with Crippen LogP contribution in [0.5, 0.6) is 17.2 Å². The number of fused-ring (bicyclic) bond motifs is 4. The number of benzene rings is 2. The Bertz CT molecular complexity index is 1180. The van der Waals surface area contributed by atoms with Gasteiger partial charge in [-0.25, -0.2) is 4.79 Å². The topological polar surface area (TPSA) is 96.2 Å². The molecule has 1 amide bonds. The average molecular weight is 437 g/mol. The number of hydrogen-bond donors (Lipinski definition) is 1. The van der Waals surface area contributed by atoms with E-state index < -0.39 is 18.0 Å². The molecule has 0 fully saturated rings. The summed E-state index contributed by atoms with van der Waals surface area (Å²) in [5, 5.41) is 3.72. The first-order valence-corrected chi connectivity index (χ1v) is 10.6. The van der Waals surface area contributed by atoms with Gasteiger partial charge in [0.15, 0.2) is 24.2 Å². The maximum atomic E-state index is 12.4. The minimum atomic E-state index is -0.986. The molecule has 1 atom stereocenters. The number of ether oxygens (including phenoxy) is 4. The summed E-state index contributed by atoms with van der Waals surface area (Å²) >= 11 is 0. The van der Waals surface area contributed by atoms with Gasteiger partial charge in [0.1, 0.15) is 17.1 Å². The van der Waals surface area contributed by atoms with Gasteiger partial charge in [0.25, 0.3) is 5.91 Å². The summed E-state index contributed by atoms with van der Waals surface area (Å²) in [4.78, 5) is 24.6. The molecule has 0 radical (unpaired) electrons. The molecule has 2 aliphatic rings. The van der Waals surface area contributed by atoms with E-state index in [9.17, 15) is 9.59 Å². The molecule has 0 spiro atoms. The zero-order valence-corrected chi connectivity index (χ0v) is 17.6. The van der Waals surface area contributed by atoms with Crippen molar-refractivity contribution in [3.8, 4) is 17.2 Å². The van der Waals surface area contributed by atoms with E-state index in [1.165, 1.54) is 12.5 Å². The monoisotopic (exact) mass is 437 g/mol. The van der Waals surface area contributed by atoms with Crippen molar-refractivity contribution in [1.82, 2.24) is 0 Å². The standard InChI is InChI=1S/C24H23NO7/c1-14(24(27)25-15-6-8-21-22(10-15)30-13-29-21)31-23(26)12-28-16-7-9-20-18(11-16)17-4-2-3-5-19(17)32-20/h6-11,14H,2-5,12-13H2,1H3,(H,25,27). The lowest BCUT2D eigenvalue weighted by molar-refractivity contribution is -0.155. The van der Waals surface area contributed by atoms with E-state index in [1.807, 2.05) is 12.1 Å². The number of amides is 1. The second-order valence-corrected chi connectivity index (χ2v) is 7.85. The lowest BCUT2D eigenvalue weighted by Crippen LogP contribution is -2.31. The van der Waals surface area contributed by atoms with Crippen molar-refractivity contribution in [2.24, 2.45) is 0 Å². The number of nitrogens with one attached hydrogen (secondary N) is 1. The van der Waals surface area contributed by atoms with E-state index in [2.05, 4.69) is 5.32 Å². The van der Waals surface area contributed by atoms with Crippen molar-refractivity contribution < 1.29 is 33.0 Å². The fourth-order valence-corrected chi connectivity index (χ4v) is 3.98. The number of anilines is 1. The lowest BCUT2D eigenvalue weighted by Gasteiger charge is -2.14. The van der Waals surface area contributed by atoms with Gasteiger partial charge in [-0.1, -0.05) is 0 Å². The molecule has 3 aromatic rings. The van der Waals surface area contributed by atoms with Crippen molar-refractivity contribution >= 4 is 28.5 Å². The Labute approximate surface area is 184 Å². The van der Waals surface area contributed by atoms with E-state index in [-0.39, 0.29) is 13.4 Å². The smallest absolute Gasteiger partial charge is 0.344 e. The van der Waals surface area contributed by atoms with Crippen molar-refractivity contribution in [2.45, 2.75) is 38.7 Å². The third kappa shape index (κ3) is 4.08. The summed E-state index contributed by atoms with van der Waals surface area (Å²) in [6.45, 7) is 1.36. The quantitative estimate of drug-likeness (QED) is 0.583. The van der Waals surface area contributed by atoms with Crippen molar-refractivity contribution in [3.05, 3.63) is 47.7 Å². The van der Waals surface area contributed by atoms with Gasteiger partial charge in [-0.3, -0.25) is 4.79 Å². The summed E-state index contributed by atoms with van der Waals surface area (Å²) in [7, 11) is 0. The molecule has 1 unspecified atom stereocenters. The molecule has 2 aromatic carbocycles. The first-order chi connectivity index (χ1) is 15.6. The molecular weight excluding hydrogens is 414 g/mol. The van der Waals surface area contributed by atoms with Gasteiger partial charge in [0.2, 0.25) is 6.79 Å². The first kappa shape index (κ1) is 20.2. The van der Waals surface area contributed by atoms with Crippen LogP contribution in [0.1, 0.15) is 31.1 Å². The van der Waals surface area contributed by atoms with Crippen molar-refractivity contribution in [3.63, 3.8) is 0 Å². The normalized spacial score (nSPS) is 15.2. The highest BCUT2D eigenvalue weighted by atomic mass is 16.7. The highest BCUT2D eigenvalue weighted by Gasteiger charge is 2.21. The molecule has 1 aliphatic carbocycles. The predicted molar refractivity (Wildman–Crippen MR) is 115 cm³/mol. The van der Waals surface area contributed by atoms with Crippen LogP contribution in [0.25, 0.3) is 11.0 Å². The van der Waals surface area contributed by atoms with E-state index in [4.69, 9.17) is 23.4 Å². The maximum Gasteiger partial charge on any atom is 0.344 e. The van der Waals surface area contributed by atoms with Crippen molar-refractivity contribution in [1.29, 1.82) is 0 Å². The zero-order valence-electron chi connectivity index (χ0n) is 17.6. The van der Waals surface area contributed by atoms with Crippen molar-refractivity contribution in [2.75, 3.05) is 18.7 Å². The van der Waals surface area contributed by atoms with Crippen LogP contribution < -0.4 is 19.5 Å². The van der Waals surface area contributed by atoms with Crippen LogP contribution in [-0.4, -0.2) is 31.4 Å². The molecule has 8 heteroatoms. The van der Waals surface area contributed by atoms with E-state index in [1.54, 1.807) is 24.3 Å². The van der Waals surface area contributed by atoms with Gasteiger partial charge in [0.05, 0.1) is 0 Å². The summed E-state index contributed by atoms with van der Waals surface area (Å²) in [5.74, 6) is 1.69. The molecule has 8 nitrogen and oxygen atoms in total. The first-order valence-electron chi connectivity index (χ1n) is 10.6. The Balaban J connectivity index is 1.15. The van der Waals surface area contributed by atoms with Gasteiger partial charge in [-0.05, 0) is 56.5 Å². The fraction of sp³-hybridized carbons (Fsp3) is 0.333. The van der Waals surface area contributed by atoms with E-state index >= 15 is 0 Å². The van der Waals surface area contributed by atoms with Gasteiger partial charge in [0, 0.05) is 29.1 Å². The van der Waals surface area contributed by atoms with Gasteiger partial charge < -0.3 is 28.7 Å². The number of furan rings is 1. The van der Waals surface area contributed by atoms with Gasteiger partial charge >= 0.3 is 5.97 Å². The highest BCUT2D eigenvalue weighted by molar-refractivity contribution is 5.95. The minimum absolute atomic E-state index is 0.150. The van der Waals surface area contributed by atoms with Crippen LogP contribution in [0, 0.1) is 0 Å². The highest BCUT2D eigenvalue weighted by Crippen LogP contribution is 2.35. The molecule has 0 bridgehead atoms. The predicted octanol–water partition coefficient (Wildman–Crippen LogP) is 3.99. The Kier molecular flexibility index (Phi) is 5.34. The largest absolute Gasteiger partial charge is 0.482 e. The molecule has 5 rings (SSSR count). The summed E-state index contributed by atoms with van der Waals surface area (Å²) < 4.78 is 27.3. The third-order valence-electron chi connectivity index (χ3n) is 5.60. The van der Waals surface area contributed by atoms with Crippen LogP contribution in [0.4, 0.5) is 5.69 Å². The van der Waals surface area contributed by atoms with Crippen LogP contribution >= 0.6 is 0 Å². The molecule has 32 heavy (non-hydrogen) atoms. The average Bonchev–Trinajstić information content (AvgIpc) is 3.41. The Morgan fingerprint density at radius 3 is 2.81 bits per heavy atom. The minimum Gasteiger partial charge on any atom is -0.482 e. The van der Waals surface area contributed by atoms with E-state index in [0.717, 1.165) is 42.4 Å². The van der Waals surface area contributed by atoms with Crippen LogP contribution in [0.2, 0.25) is 0 Å². The maximum absolute atomic E-state index is 12.4. The Morgan fingerprint density at radius 2 is 1.91 bits per heavy atom. The molecule has 0 saturated heterocycles. The number of carbonyl (C=O) groups excluding carboxylic acids is 2. The molecule has 1 N–H and O–H groups in total. The molecular formula is C24H23NO7. The third-order valence-corrected chi connectivity index (χ3v) is 5.60. The second-order valence-electron chi connectivity index (χ2n) is 7.85. The van der Waals surface area contributed by atoms with Gasteiger partial charge in [-0.15, -0.1) is 0 Å². The Hall–Kier alpha value is -3.68. The van der Waals surface area contributed by atoms with Crippen LogP contribution in [0.15, 0.2) is 40.8 Å². The fourth-order valence-electron chi connectivity index (χ4n) is 3.98. The summed E-state index contributed by atoms with van der Waals surface area (Å²) in [6.07, 6.45) is 3.25. The lowest BCUT2D eigenvalue weighted by atomic mass is 9.96. The number of hydrogen-bond acceptors (Lipinski definition) is 7. The SMILES string of the molecule is CC(OC(=O)COc1ccc2oc3c(c2c1)CCCC3)C(=O)Nc1ccc2c(c1)OCO2. The molecule has 2 heterocycles.